The van der Waals surface area contributed by atoms with Crippen molar-refractivity contribution in [1.29, 1.82) is 0 Å². The van der Waals surface area contributed by atoms with Crippen LogP contribution in [0.25, 0.3) is 0 Å². The Morgan fingerprint density at radius 2 is 1.64 bits per heavy atom. The Bertz CT molecular complexity index is 285. The molecule has 0 amide bonds. The number of hydrogen-bond donors (Lipinski definition) is 0. The molecule has 0 heteroatoms. The molecule has 0 saturated carbocycles. The lowest BCUT2D eigenvalue weighted by Crippen LogP contribution is -1.84. The molecule has 0 aromatic rings. The second-order valence-corrected chi connectivity index (χ2v) is 2.68. The molecule has 0 unspecified atom stereocenters. The summed E-state index contributed by atoms with van der Waals surface area (Å²) in [6, 6.07) is 0. The normalized spacial score (nSPS) is 10.5. The zero-order valence-electron chi connectivity index (χ0n) is 8.22. The molecule has 0 nitrogen and oxygen atoms in total. The van der Waals surface area contributed by atoms with Crippen LogP contribution in [-0.2, 0) is 0 Å². The summed E-state index contributed by atoms with van der Waals surface area (Å²) in [5, 5.41) is 0. The highest BCUT2D eigenvalue weighted by atomic mass is 14.0. The largest absolute Gasteiger partial charge is 0.0991 e. The summed E-state index contributed by atoms with van der Waals surface area (Å²) in [5.74, 6) is 0. The predicted octanol–water partition coefficient (Wildman–Crippen LogP) is 4.61. The van der Waals surface area contributed by atoms with Gasteiger partial charge in [0.2, 0.25) is 0 Å². The molecule has 0 aliphatic carbocycles. The van der Waals surface area contributed by atoms with Crippen LogP contribution in [0.3, 0.4) is 0 Å². The Morgan fingerprint density at radius 3 is 2.07 bits per heavy atom. The third kappa shape index (κ3) is 5.15. The molecule has 0 N–H and O–H groups in total. The average Bonchev–Trinajstić information content (AvgIpc) is 2.13. The monoisotopic (exact) mass is 188 g/mol. The molecule has 0 bridgehead atoms. The molecule has 0 rings (SSSR count). The SMILES string of the molecule is C.C=C/C=C\C(=C)C(=C)/C(C)=C\C=C. The lowest BCUT2D eigenvalue weighted by Gasteiger charge is -2.04. The van der Waals surface area contributed by atoms with E-state index in [2.05, 4.69) is 26.3 Å². The number of hydrogen-bond acceptors (Lipinski definition) is 0. The van der Waals surface area contributed by atoms with Crippen molar-refractivity contribution in [2.75, 3.05) is 0 Å². The van der Waals surface area contributed by atoms with Crippen LogP contribution >= 0.6 is 0 Å². The minimum atomic E-state index is 0. The lowest BCUT2D eigenvalue weighted by molar-refractivity contribution is 1.40. The average molecular weight is 188 g/mol. The first-order valence-electron chi connectivity index (χ1n) is 4.10. The third-order valence-electron chi connectivity index (χ3n) is 1.66. The summed E-state index contributed by atoms with van der Waals surface area (Å²) in [7, 11) is 0. The van der Waals surface area contributed by atoms with Gasteiger partial charge in [-0.05, 0) is 23.6 Å². The van der Waals surface area contributed by atoms with Gasteiger partial charge in [0.15, 0.2) is 0 Å². The molecule has 0 spiro atoms. The summed E-state index contributed by atoms with van der Waals surface area (Å²) in [6.07, 6.45) is 9.09. The van der Waals surface area contributed by atoms with Crippen LogP contribution in [0.5, 0.6) is 0 Å². The van der Waals surface area contributed by atoms with Crippen molar-refractivity contribution in [3.63, 3.8) is 0 Å². The van der Waals surface area contributed by atoms with E-state index in [9.17, 15) is 0 Å². The summed E-state index contributed by atoms with van der Waals surface area (Å²) in [6.45, 7) is 17.0. The number of rotatable bonds is 5. The zero-order chi connectivity index (χ0) is 10.3. The maximum Gasteiger partial charge on any atom is -0.0233 e. The topological polar surface area (TPSA) is 0 Å². The van der Waals surface area contributed by atoms with E-state index in [1.165, 1.54) is 0 Å². The lowest BCUT2D eigenvalue weighted by atomic mass is 10.0. The Labute approximate surface area is 88.4 Å². The quantitative estimate of drug-likeness (QED) is 0.553. The molecule has 0 saturated heterocycles. The van der Waals surface area contributed by atoms with E-state index < -0.39 is 0 Å². The molecule has 0 fully saturated rings. The van der Waals surface area contributed by atoms with Gasteiger partial charge < -0.3 is 0 Å². The summed E-state index contributed by atoms with van der Waals surface area (Å²) >= 11 is 0. The van der Waals surface area contributed by atoms with E-state index in [1.54, 1.807) is 12.2 Å². The Balaban J connectivity index is 0. The van der Waals surface area contributed by atoms with Gasteiger partial charge in [0, 0.05) is 0 Å². The molecule has 14 heavy (non-hydrogen) atoms. The first kappa shape index (κ1) is 14.9. The van der Waals surface area contributed by atoms with Gasteiger partial charge >= 0.3 is 0 Å². The molecular weight excluding hydrogens is 168 g/mol. The highest BCUT2D eigenvalue weighted by molar-refractivity contribution is 5.48. The van der Waals surface area contributed by atoms with Crippen LogP contribution < -0.4 is 0 Å². The zero-order valence-corrected chi connectivity index (χ0v) is 8.22. The van der Waals surface area contributed by atoms with Gasteiger partial charge in [0.1, 0.15) is 0 Å². The van der Waals surface area contributed by atoms with E-state index in [0.29, 0.717) is 0 Å². The Kier molecular flexibility index (Phi) is 8.60. The standard InChI is InChI=1S/C13H16.CH4/c1-6-8-10-12(4)13(5)11(3)9-7-2;/h6-10H,1-2,4-5H2,3H3;1H4/b10-8-,11-9-;. The fourth-order valence-corrected chi connectivity index (χ4v) is 0.815. The summed E-state index contributed by atoms with van der Waals surface area (Å²) in [4.78, 5) is 0. The van der Waals surface area contributed by atoms with Gasteiger partial charge in [0.25, 0.3) is 0 Å². The highest BCUT2D eigenvalue weighted by Crippen LogP contribution is 2.16. The Morgan fingerprint density at radius 1 is 1.07 bits per heavy atom. The third-order valence-corrected chi connectivity index (χ3v) is 1.66. The van der Waals surface area contributed by atoms with Gasteiger partial charge in [-0.3, -0.25) is 0 Å². The van der Waals surface area contributed by atoms with Gasteiger partial charge in [-0.15, -0.1) is 0 Å². The fourth-order valence-electron chi connectivity index (χ4n) is 0.815. The second-order valence-electron chi connectivity index (χ2n) is 2.68. The maximum atomic E-state index is 3.92. The van der Waals surface area contributed by atoms with Crippen molar-refractivity contribution in [3.8, 4) is 0 Å². The van der Waals surface area contributed by atoms with E-state index in [4.69, 9.17) is 0 Å². The van der Waals surface area contributed by atoms with Crippen molar-refractivity contribution < 1.29 is 0 Å². The fraction of sp³-hybridized carbons (Fsp3) is 0.143. The molecule has 76 valence electrons. The van der Waals surface area contributed by atoms with E-state index in [-0.39, 0.29) is 7.43 Å². The molecule has 0 radical (unpaired) electrons. The molecular formula is C14H20. The van der Waals surface area contributed by atoms with Crippen LogP contribution in [0.4, 0.5) is 0 Å². The van der Waals surface area contributed by atoms with Gasteiger partial charge in [-0.2, -0.15) is 0 Å². The van der Waals surface area contributed by atoms with Crippen LogP contribution in [0.1, 0.15) is 14.4 Å². The summed E-state index contributed by atoms with van der Waals surface area (Å²) in [5.41, 5.74) is 2.90. The minimum Gasteiger partial charge on any atom is -0.0991 e. The van der Waals surface area contributed by atoms with Gasteiger partial charge in [-0.1, -0.05) is 64.1 Å². The minimum absolute atomic E-state index is 0. The predicted molar refractivity (Wildman–Crippen MR) is 68.3 cm³/mol. The highest BCUT2D eigenvalue weighted by Gasteiger charge is 1.96. The van der Waals surface area contributed by atoms with Gasteiger partial charge in [0.05, 0.1) is 0 Å². The molecule has 0 aliphatic heterocycles. The molecule has 0 aliphatic rings. The summed E-state index contributed by atoms with van der Waals surface area (Å²) < 4.78 is 0. The van der Waals surface area contributed by atoms with Crippen molar-refractivity contribution in [2.45, 2.75) is 14.4 Å². The first-order chi connectivity index (χ1) is 6.13. The smallest absolute Gasteiger partial charge is 0.0233 e. The van der Waals surface area contributed by atoms with Crippen LogP contribution in [-0.4, -0.2) is 0 Å². The van der Waals surface area contributed by atoms with Crippen molar-refractivity contribution in [3.05, 3.63) is 73.4 Å². The van der Waals surface area contributed by atoms with Crippen LogP contribution in [0.2, 0.25) is 0 Å². The molecule has 0 aromatic heterocycles. The van der Waals surface area contributed by atoms with Crippen molar-refractivity contribution in [2.24, 2.45) is 0 Å². The van der Waals surface area contributed by atoms with Crippen molar-refractivity contribution in [1.82, 2.24) is 0 Å². The number of allylic oxidation sites excluding steroid dienone is 8. The van der Waals surface area contributed by atoms with Crippen molar-refractivity contribution >= 4 is 0 Å². The van der Waals surface area contributed by atoms with E-state index in [0.717, 1.165) is 16.7 Å². The molecule has 0 atom stereocenters. The molecule has 0 heterocycles. The maximum absolute atomic E-state index is 3.92. The van der Waals surface area contributed by atoms with Gasteiger partial charge in [-0.25, -0.2) is 0 Å². The van der Waals surface area contributed by atoms with E-state index in [1.807, 2.05) is 25.2 Å². The Hall–Kier alpha value is -1.56. The van der Waals surface area contributed by atoms with Crippen LogP contribution in [0.15, 0.2) is 73.4 Å². The first-order valence-corrected chi connectivity index (χ1v) is 4.10. The molecule has 0 aromatic carbocycles. The second kappa shape index (κ2) is 8.06. The van der Waals surface area contributed by atoms with E-state index >= 15 is 0 Å². The van der Waals surface area contributed by atoms with Crippen LogP contribution in [0, 0.1) is 0 Å².